The summed E-state index contributed by atoms with van der Waals surface area (Å²) in [6, 6.07) is 15.9. The van der Waals surface area contributed by atoms with Gasteiger partial charge in [-0.05, 0) is 65.9 Å². The summed E-state index contributed by atoms with van der Waals surface area (Å²) in [5.74, 6) is 0.268. The number of ether oxygens (including phenoxy) is 1. The van der Waals surface area contributed by atoms with Gasteiger partial charge in [-0.3, -0.25) is 9.36 Å². The molecule has 1 heterocycles. The molecule has 39 heavy (non-hydrogen) atoms. The van der Waals surface area contributed by atoms with Crippen molar-refractivity contribution >= 4 is 39.8 Å². The number of anilines is 1. The van der Waals surface area contributed by atoms with Crippen molar-refractivity contribution in [3.05, 3.63) is 98.3 Å². The Morgan fingerprint density at radius 1 is 1.03 bits per heavy atom. The Kier molecular flexibility index (Phi) is 6.64. The molecule has 5 rings (SSSR count). The first-order valence-corrected chi connectivity index (χ1v) is 12.9. The van der Waals surface area contributed by atoms with E-state index >= 15 is 0 Å². The highest BCUT2D eigenvalue weighted by atomic mass is 35.5. The van der Waals surface area contributed by atoms with Crippen LogP contribution in [0.15, 0.2) is 71.5 Å². The summed E-state index contributed by atoms with van der Waals surface area (Å²) in [5.41, 5.74) is -2.55. The number of aliphatic hydroxyl groups is 1. The quantitative estimate of drug-likeness (QED) is 0.265. The molecule has 3 aromatic carbocycles. The maximum Gasteiger partial charge on any atom is 0.419 e. The summed E-state index contributed by atoms with van der Waals surface area (Å²) in [7, 11) is 1.41. The summed E-state index contributed by atoms with van der Waals surface area (Å²) in [4.78, 5) is 12.9. The maximum absolute atomic E-state index is 14.7. The van der Waals surface area contributed by atoms with E-state index in [-0.39, 0.29) is 21.9 Å². The van der Waals surface area contributed by atoms with Gasteiger partial charge in [0, 0.05) is 33.4 Å². The van der Waals surface area contributed by atoms with Gasteiger partial charge in [-0.1, -0.05) is 49.2 Å². The third-order valence-corrected chi connectivity index (χ3v) is 7.88. The number of alkyl halides is 3. The zero-order valence-corrected chi connectivity index (χ0v) is 22.7. The van der Waals surface area contributed by atoms with Crippen LogP contribution >= 0.6 is 23.2 Å². The fraction of sp³-hybridized carbons (Fsp3) is 0.276. The third kappa shape index (κ3) is 4.44. The number of pyridine rings is 1. The Labute approximate surface area is 232 Å². The lowest BCUT2D eigenvalue weighted by Crippen LogP contribution is -2.58. The molecule has 0 aliphatic heterocycles. The molecule has 0 spiro atoms. The summed E-state index contributed by atoms with van der Waals surface area (Å²) >= 11 is 12.4. The Morgan fingerprint density at radius 3 is 2.36 bits per heavy atom. The Hall–Kier alpha value is -3.20. The summed E-state index contributed by atoms with van der Waals surface area (Å²) < 4.78 is 50.9. The molecule has 0 bridgehead atoms. The van der Waals surface area contributed by atoms with Crippen LogP contribution in [0.2, 0.25) is 10.0 Å². The van der Waals surface area contributed by atoms with Gasteiger partial charge in [-0.25, -0.2) is 0 Å². The number of benzene rings is 3. The van der Waals surface area contributed by atoms with Crippen molar-refractivity contribution < 1.29 is 23.0 Å². The number of fused-ring (bicyclic) bond motifs is 2. The van der Waals surface area contributed by atoms with E-state index in [1.54, 1.807) is 62.4 Å². The van der Waals surface area contributed by atoms with E-state index in [1.165, 1.54) is 29.9 Å². The molecule has 2 atom stereocenters. The number of nitrogens with zero attached hydrogens (tertiary/aromatic N) is 1. The summed E-state index contributed by atoms with van der Waals surface area (Å²) in [6.45, 7) is 3.25. The molecule has 0 fully saturated rings. The Bertz CT molecular complexity index is 1630. The number of nitrogens with one attached hydrogen (secondary N) is 1. The van der Waals surface area contributed by atoms with Crippen molar-refractivity contribution in [1.29, 1.82) is 0 Å². The number of hydrogen-bond donors (Lipinski definition) is 2. The van der Waals surface area contributed by atoms with E-state index in [0.717, 1.165) is 0 Å². The monoisotopic (exact) mass is 576 g/mol. The van der Waals surface area contributed by atoms with Crippen LogP contribution in [0.5, 0.6) is 5.75 Å². The van der Waals surface area contributed by atoms with E-state index in [4.69, 9.17) is 27.9 Å². The van der Waals surface area contributed by atoms with Crippen molar-refractivity contribution in [2.75, 3.05) is 12.4 Å². The van der Waals surface area contributed by atoms with Crippen molar-refractivity contribution in [3.63, 3.8) is 0 Å². The molecule has 5 nitrogen and oxygen atoms in total. The lowest BCUT2D eigenvalue weighted by Gasteiger charge is -2.49. The van der Waals surface area contributed by atoms with E-state index in [1.807, 2.05) is 0 Å². The zero-order chi connectivity index (χ0) is 28.3. The van der Waals surface area contributed by atoms with Gasteiger partial charge in [0.1, 0.15) is 5.75 Å². The first kappa shape index (κ1) is 27.4. The number of aromatic nitrogens is 1. The third-order valence-electron chi connectivity index (χ3n) is 7.34. The molecule has 1 aliphatic rings. The molecule has 0 saturated carbocycles. The largest absolute Gasteiger partial charge is 0.495 e. The standard InChI is InChI=1S/C29H25Cl2F3N2O3/c1-27(2)15-28(38,29(32,33)34)26(19-11-13-20(31)25(39-3)24(19)27)35-21-5-4-6-22-18(21)12-14-23(37)36(22)17-9-7-16(30)8-10-17/h4-14,26,35,38H,15H2,1-3H3. The van der Waals surface area contributed by atoms with Crippen molar-refractivity contribution in [2.24, 2.45) is 0 Å². The van der Waals surface area contributed by atoms with Crippen molar-refractivity contribution in [2.45, 2.75) is 43.5 Å². The highest BCUT2D eigenvalue weighted by Gasteiger charge is 2.64. The number of hydrogen-bond acceptors (Lipinski definition) is 4. The van der Waals surface area contributed by atoms with Crippen LogP contribution in [-0.4, -0.2) is 28.6 Å². The molecule has 0 amide bonds. The fourth-order valence-electron chi connectivity index (χ4n) is 5.70. The molecular weight excluding hydrogens is 552 g/mol. The smallest absolute Gasteiger partial charge is 0.419 e. The van der Waals surface area contributed by atoms with E-state index in [0.29, 0.717) is 32.9 Å². The Balaban J connectivity index is 1.74. The highest BCUT2D eigenvalue weighted by molar-refractivity contribution is 6.32. The van der Waals surface area contributed by atoms with Gasteiger partial charge in [-0.2, -0.15) is 13.2 Å². The number of halogens is 5. The second kappa shape index (κ2) is 9.47. The predicted molar refractivity (Wildman–Crippen MR) is 148 cm³/mol. The van der Waals surface area contributed by atoms with Crippen LogP contribution in [0.3, 0.4) is 0 Å². The van der Waals surface area contributed by atoms with Gasteiger partial charge in [0.25, 0.3) is 5.56 Å². The van der Waals surface area contributed by atoms with E-state index in [2.05, 4.69) is 5.32 Å². The zero-order valence-electron chi connectivity index (χ0n) is 21.2. The minimum absolute atomic E-state index is 0.218. The molecule has 1 aliphatic carbocycles. The van der Waals surface area contributed by atoms with Crippen LogP contribution in [-0.2, 0) is 5.41 Å². The molecule has 204 valence electrons. The van der Waals surface area contributed by atoms with E-state index < -0.39 is 29.7 Å². The van der Waals surface area contributed by atoms with Gasteiger partial charge >= 0.3 is 6.18 Å². The minimum atomic E-state index is -4.97. The van der Waals surface area contributed by atoms with Crippen LogP contribution in [0, 0.1) is 0 Å². The van der Waals surface area contributed by atoms with Crippen LogP contribution in [0.25, 0.3) is 16.6 Å². The van der Waals surface area contributed by atoms with Crippen LogP contribution in [0.4, 0.5) is 18.9 Å². The number of rotatable bonds is 4. The average molecular weight is 577 g/mol. The first-order chi connectivity index (χ1) is 18.3. The molecule has 0 saturated heterocycles. The predicted octanol–water partition coefficient (Wildman–Crippen LogP) is 7.43. The SMILES string of the molecule is COc1c(Cl)ccc2c1C(C)(C)CC(O)(C(F)(F)F)C2Nc1cccc2c1ccc(=O)n2-c1ccc(Cl)cc1. The van der Waals surface area contributed by atoms with Crippen LogP contribution in [0.1, 0.15) is 37.4 Å². The van der Waals surface area contributed by atoms with E-state index in [9.17, 15) is 23.1 Å². The van der Waals surface area contributed by atoms with Crippen molar-refractivity contribution in [1.82, 2.24) is 4.57 Å². The fourth-order valence-corrected chi connectivity index (χ4v) is 6.06. The molecule has 0 radical (unpaired) electrons. The maximum atomic E-state index is 14.7. The van der Waals surface area contributed by atoms with Gasteiger partial charge in [0.05, 0.1) is 23.7 Å². The second-order valence-corrected chi connectivity index (χ2v) is 11.2. The van der Waals surface area contributed by atoms with Crippen molar-refractivity contribution in [3.8, 4) is 11.4 Å². The second-order valence-electron chi connectivity index (χ2n) is 10.3. The normalized spacial score (nSPS) is 20.5. The van der Waals surface area contributed by atoms with Gasteiger partial charge in [0.2, 0.25) is 0 Å². The first-order valence-electron chi connectivity index (χ1n) is 12.1. The molecule has 1 aromatic heterocycles. The molecule has 2 unspecified atom stereocenters. The topological polar surface area (TPSA) is 63.5 Å². The van der Waals surface area contributed by atoms with Gasteiger partial charge in [0.15, 0.2) is 5.60 Å². The lowest BCUT2D eigenvalue weighted by atomic mass is 9.63. The van der Waals surface area contributed by atoms with Gasteiger partial charge < -0.3 is 15.2 Å². The highest BCUT2D eigenvalue weighted by Crippen LogP contribution is 2.57. The van der Waals surface area contributed by atoms with Crippen LogP contribution < -0.4 is 15.6 Å². The molecule has 10 heteroatoms. The molecule has 2 N–H and O–H groups in total. The molecular formula is C29H25Cl2F3N2O3. The summed E-state index contributed by atoms with van der Waals surface area (Å²) in [5, 5.41) is 15.6. The van der Waals surface area contributed by atoms with Gasteiger partial charge in [-0.15, -0.1) is 0 Å². The number of methoxy groups -OCH3 is 1. The Morgan fingerprint density at radius 2 is 1.72 bits per heavy atom. The minimum Gasteiger partial charge on any atom is -0.495 e. The summed E-state index contributed by atoms with van der Waals surface area (Å²) in [6.07, 6.45) is -5.60. The molecule has 4 aromatic rings. The average Bonchev–Trinajstić information content (AvgIpc) is 2.86. The lowest BCUT2D eigenvalue weighted by molar-refractivity contribution is -0.275.